The smallest absolute Gasteiger partial charge is 0.227 e. The predicted octanol–water partition coefficient (Wildman–Crippen LogP) is 0.217. The Balaban J connectivity index is 2.96. The monoisotopic (exact) mass is 198 g/mol. The minimum Gasteiger partial charge on any atom is -0.325 e. The first kappa shape index (κ1) is 9.81. The van der Waals surface area contributed by atoms with E-state index in [1.54, 1.807) is 13.2 Å². The van der Waals surface area contributed by atoms with E-state index in [1.807, 2.05) is 0 Å². The Labute approximate surface area is 77.5 Å². The Morgan fingerprint density at radius 2 is 2.38 bits per heavy atom. The third kappa shape index (κ3) is 2.10. The number of terminal acetylenes is 1. The number of aryl methyl sites for hydroxylation is 1. The maximum Gasteiger partial charge on any atom is 0.227 e. The first-order valence-corrected chi connectivity index (χ1v) is 5.36. The van der Waals surface area contributed by atoms with Crippen molar-refractivity contribution in [2.45, 2.75) is 11.6 Å². The number of imidazole rings is 1. The molecule has 0 unspecified atom stereocenters. The van der Waals surface area contributed by atoms with E-state index in [9.17, 15) is 8.42 Å². The van der Waals surface area contributed by atoms with Crippen molar-refractivity contribution < 1.29 is 8.42 Å². The van der Waals surface area contributed by atoms with Crippen LogP contribution in [0.5, 0.6) is 0 Å². The van der Waals surface area contributed by atoms with Crippen molar-refractivity contribution in [3.8, 4) is 12.3 Å². The lowest BCUT2D eigenvalue weighted by Crippen LogP contribution is -2.11. The van der Waals surface area contributed by atoms with Gasteiger partial charge < -0.3 is 4.57 Å². The second kappa shape index (κ2) is 3.62. The first-order valence-electron chi connectivity index (χ1n) is 3.71. The van der Waals surface area contributed by atoms with Crippen molar-refractivity contribution in [2.75, 3.05) is 5.75 Å². The highest BCUT2D eigenvalue weighted by molar-refractivity contribution is 7.91. The molecule has 0 fully saturated rings. The molecule has 0 saturated heterocycles. The third-order valence-electron chi connectivity index (χ3n) is 1.57. The summed E-state index contributed by atoms with van der Waals surface area (Å²) < 4.78 is 24.5. The number of rotatable bonds is 3. The highest BCUT2D eigenvalue weighted by atomic mass is 32.2. The second-order valence-electron chi connectivity index (χ2n) is 2.59. The van der Waals surface area contributed by atoms with Gasteiger partial charge in [-0.2, -0.15) is 0 Å². The van der Waals surface area contributed by atoms with E-state index in [-0.39, 0.29) is 17.3 Å². The van der Waals surface area contributed by atoms with Gasteiger partial charge in [0.15, 0.2) is 0 Å². The van der Waals surface area contributed by atoms with Crippen LogP contribution in [0.3, 0.4) is 0 Å². The molecule has 5 heteroatoms. The average molecular weight is 198 g/mol. The molecule has 13 heavy (non-hydrogen) atoms. The fraction of sp³-hybridized carbons (Fsp3) is 0.375. The second-order valence-corrected chi connectivity index (χ2v) is 4.60. The summed E-state index contributed by atoms with van der Waals surface area (Å²) in [5, 5.41) is 0.0720. The number of nitrogens with zero attached hydrogens (tertiary/aromatic N) is 2. The van der Waals surface area contributed by atoms with Gasteiger partial charge in [-0.05, 0) is 0 Å². The molecule has 0 atom stereocenters. The summed E-state index contributed by atoms with van der Waals surface area (Å²) >= 11 is 0. The zero-order chi connectivity index (χ0) is 9.90. The Kier molecular flexibility index (Phi) is 2.73. The molecule has 1 rings (SSSR count). The van der Waals surface area contributed by atoms with Crippen LogP contribution < -0.4 is 0 Å². The predicted molar refractivity (Wildman–Crippen MR) is 48.7 cm³/mol. The van der Waals surface area contributed by atoms with Crippen LogP contribution in [0.1, 0.15) is 6.42 Å². The summed E-state index contributed by atoms with van der Waals surface area (Å²) in [4.78, 5) is 3.75. The molecule has 0 aliphatic carbocycles. The number of sulfone groups is 1. The quantitative estimate of drug-likeness (QED) is 0.653. The highest BCUT2D eigenvalue weighted by Crippen LogP contribution is 2.07. The fourth-order valence-electron chi connectivity index (χ4n) is 0.936. The van der Waals surface area contributed by atoms with Crippen molar-refractivity contribution in [3.05, 3.63) is 12.4 Å². The Hall–Kier alpha value is -1.28. The van der Waals surface area contributed by atoms with Crippen LogP contribution >= 0.6 is 0 Å². The molecular formula is C8H10N2O2S. The summed E-state index contributed by atoms with van der Waals surface area (Å²) in [6.07, 6.45) is 8.24. The van der Waals surface area contributed by atoms with E-state index in [4.69, 9.17) is 6.42 Å². The van der Waals surface area contributed by atoms with Crippen LogP contribution in [0.4, 0.5) is 0 Å². The first-order chi connectivity index (χ1) is 6.08. The molecular weight excluding hydrogens is 188 g/mol. The fourth-order valence-corrected chi connectivity index (χ4v) is 2.23. The van der Waals surface area contributed by atoms with Crippen LogP contribution in [-0.4, -0.2) is 23.7 Å². The maximum atomic E-state index is 11.5. The van der Waals surface area contributed by atoms with Crippen molar-refractivity contribution in [1.82, 2.24) is 9.55 Å². The van der Waals surface area contributed by atoms with Crippen LogP contribution in [0.2, 0.25) is 0 Å². The molecule has 1 aromatic heterocycles. The molecule has 0 spiro atoms. The molecule has 0 radical (unpaired) electrons. The number of aromatic nitrogens is 2. The molecule has 0 aliphatic rings. The zero-order valence-electron chi connectivity index (χ0n) is 7.27. The number of hydrogen-bond acceptors (Lipinski definition) is 3. The normalized spacial score (nSPS) is 11.1. The van der Waals surface area contributed by atoms with Gasteiger partial charge in [0.25, 0.3) is 0 Å². The standard InChI is InChI=1S/C8H10N2O2S/c1-3-4-7-13(11,12)8-9-5-6-10(8)2/h1,5-6H,4,7H2,2H3. The van der Waals surface area contributed by atoms with Crippen molar-refractivity contribution in [3.63, 3.8) is 0 Å². The van der Waals surface area contributed by atoms with Crippen LogP contribution in [0.25, 0.3) is 0 Å². The lowest BCUT2D eigenvalue weighted by atomic mass is 10.5. The lowest BCUT2D eigenvalue weighted by Gasteiger charge is -2.00. The zero-order valence-corrected chi connectivity index (χ0v) is 8.08. The van der Waals surface area contributed by atoms with Gasteiger partial charge in [-0.15, -0.1) is 12.3 Å². The van der Waals surface area contributed by atoms with Gasteiger partial charge in [-0.25, -0.2) is 13.4 Å². The molecule has 0 N–H and O–H groups in total. The molecule has 0 saturated carbocycles. The van der Waals surface area contributed by atoms with E-state index >= 15 is 0 Å². The largest absolute Gasteiger partial charge is 0.325 e. The van der Waals surface area contributed by atoms with E-state index < -0.39 is 9.84 Å². The van der Waals surface area contributed by atoms with Gasteiger partial charge in [0, 0.05) is 25.9 Å². The van der Waals surface area contributed by atoms with E-state index in [0.717, 1.165) is 0 Å². The summed E-state index contributed by atoms with van der Waals surface area (Å²) in [5.41, 5.74) is 0. The van der Waals surface area contributed by atoms with E-state index in [0.29, 0.717) is 0 Å². The summed E-state index contributed by atoms with van der Waals surface area (Å²) in [7, 11) is -1.67. The van der Waals surface area contributed by atoms with Gasteiger partial charge in [-0.1, -0.05) is 0 Å². The molecule has 0 bridgehead atoms. The molecule has 0 aliphatic heterocycles. The summed E-state index contributed by atoms with van der Waals surface area (Å²) in [6.45, 7) is 0. The van der Waals surface area contributed by atoms with Gasteiger partial charge in [0.05, 0.1) is 5.75 Å². The van der Waals surface area contributed by atoms with Crippen LogP contribution in [0, 0.1) is 12.3 Å². The SMILES string of the molecule is C#CCCS(=O)(=O)c1nccn1C. The maximum absolute atomic E-state index is 11.5. The third-order valence-corrected chi connectivity index (χ3v) is 3.26. The summed E-state index contributed by atoms with van der Waals surface area (Å²) in [5.74, 6) is 2.24. The Morgan fingerprint density at radius 3 is 2.85 bits per heavy atom. The van der Waals surface area contributed by atoms with E-state index in [2.05, 4.69) is 10.9 Å². The van der Waals surface area contributed by atoms with Gasteiger partial charge in [0.1, 0.15) is 0 Å². The van der Waals surface area contributed by atoms with Crippen molar-refractivity contribution in [2.24, 2.45) is 7.05 Å². The molecule has 70 valence electrons. The molecule has 4 nitrogen and oxygen atoms in total. The molecule has 1 heterocycles. The van der Waals surface area contributed by atoms with Crippen molar-refractivity contribution in [1.29, 1.82) is 0 Å². The topological polar surface area (TPSA) is 52.0 Å². The summed E-state index contributed by atoms with van der Waals surface area (Å²) in [6, 6.07) is 0. The van der Waals surface area contributed by atoms with Gasteiger partial charge >= 0.3 is 0 Å². The number of hydrogen-bond donors (Lipinski definition) is 0. The molecule has 0 aromatic carbocycles. The van der Waals surface area contributed by atoms with Crippen LogP contribution in [-0.2, 0) is 16.9 Å². The molecule has 1 aromatic rings. The molecule has 0 amide bonds. The van der Waals surface area contributed by atoms with Crippen LogP contribution in [0.15, 0.2) is 17.6 Å². The highest BCUT2D eigenvalue weighted by Gasteiger charge is 2.17. The van der Waals surface area contributed by atoms with E-state index in [1.165, 1.54) is 10.8 Å². The lowest BCUT2D eigenvalue weighted by molar-refractivity contribution is 0.579. The minimum absolute atomic E-state index is 0.0473. The minimum atomic E-state index is -3.30. The average Bonchev–Trinajstić information content (AvgIpc) is 2.48. The van der Waals surface area contributed by atoms with Gasteiger partial charge in [0.2, 0.25) is 15.0 Å². The Bertz CT molecular complexity index is 425. The van der Waals surface area contributed by atoms with Crippen molar-refractivity contribution >= 4 is 9.84 Å². The Morgan fingerprint density at radius 1 is 1.69 bits per heavy atom. The van der Waals surface area contributed by atoms with Gasteiger partial charge in [-0.3, -0.25) is 0 Å².